The Balaban J connectivity index is 2.11. The number of β-amino-alcohol motifs (C(OH)–C–C–N with tert-alkyl or cyclic N) is 1. The lowest BCUT2D eigenvalue weighted by Gasteiger charge is -2.31. The molecule has 0 aromatic heterocycles. The number of hydrogen-bond acceptors (Lipinski definition) is 2. The van der Waals surface area contributed by atoms with E-state index in [0.29, 0.717) is 6.54 Å². The highest BCUT2D eigenvalue weighted by Gasteiger charge is 2.21. The third-order valence-electron chi connectivity index (χ3n) is 3.08. The number of halogens is 1. The van der Waals surface area contributed by atoms with E-state index in [2.05, 4.69) is 18.7 Å². The van der Waals surface area contributed by atoms with E-state index in [-0.39, 0.29) is 5.82 Å². The summed E-state index contributed by atoms with van der Waals surface area (Å²) in [6.07, 6.45) is 1.54. The first kappa shape index (κ1) is 13.2. The van der Waals surface area contributed by atoms with Gasteiger partial charge in [0.25, 0.3) is 0 Å². The van der Waals surface area contributed by atoms with E-state index in [1.54, 1.807) is 12.1 Å². The molecule has 0 saturated carbocycles. The second-order valence-corrected chi connectivity index (χ2v) is 5.08. The van der Waals surface area contributed by atoms with Crippen LogP contribution in [0.2, 0.25) is 0 Å². The maximum atomic E-state index is 12.9. The summed E-state index contributed by atoms with van der Waals surface area (Å²) in [6, 6.07) is 6.30. The molecule has 0 aliphatic carbocycles. The van der Waals surface area contributed by atoms with Crippen molar-refractivity contribution in [1.29, 1.82) is 0 Å². The predicted molar refractivity (Wildman–Crippen MR) is 71.4 cm³/mol. The van der Waals surface area contributed by atoms with Gasteiger partial charge < -0.3 is 5.11 Å². The summed E-state index contributed by atoms with van der Waals surface area (Å²) >= 11 is 0. The first-order chi connectivity index (χ1) is 8.56. The van der Waals surface area contributed by atoms with Crippen molar-refractivity contribution in [3.63, 3.8) is 0 Å². The van der Waals surface area contributed by atoms with Gasteiger partial charge in [0.1, 0.15) is 5.82 Å². The molecule has 1 aliphatic heterocycles. The van der Waals surface area contributed by atoms with Crippen molar-refractivity contribution >= 4 is 5.57 Å². The van der Waals surface area contributed by atoms with Gasteiger partial charge in [-0.2, -0.15) is 0 Å². The fraction of sp³-hybridized carbons (Fsp3) is 0.400. The fourth-order valence-electron chi connectivity index (χ4n) is 2.31. The van der Waals surface area contributed by atoms with Crippen molar-refractivity contribution in [2.45, 2.75) is 20.0 Å². The SMILES string of the molecule is C[C](C)CN1CC=C(c2ccc(F)cc2)[C@H](O)C1. The second-order valence-electron chi connectivity index (χ2n) is 5.08. The summed E-state index contributed by atoms with van der Waals surface area (Å²) in [5.41, 5.74) is 1.81. The van der Waals surface area contributed by atoms with Crippen molar-refractivity contribution in [1.82, 2.24) is 4.90 Å². The van der Waals surface area contributed by atoms with Crippen molar-refractivity contribution < 1.29 is 9.50 Å². The van der Waals surface area contributed by atoms with Crippen LogP contribution in [0.5, 0.6) is 0 Å². The number of aliphatic hydroxyl groups is 1. The third kappa shape index (κ3) is 3.18. The van der Waals surface area contributed by atoms with Gasteiger partial charge in [0, 0.05) is 19.6 Å². The molecule has 2 rings (SSSR count). The molecule has 1 aromatic carbocycles. The molecular formula is C15H19FNO. The van der Waals surface area contributed by atoms with Gasteiger partial charge in [-0.3, -0.25) is 4.90 Å². The average molecular weight is 248 g/mol. The maximum absolute atomic E-state index is 12.9. The van der Waals surface area contributed by atoms with Crippen LogP contribution >= 0.6 is 0 Å². The molecule has 18 heavy (non-hydrogen) atoms. The Morgan fingerprint density at radius 2 is 2.00 bits per heavy atom. The van der Waals surface area contributed by atoms with Crippen LogP contribution in [-0.4, -0.2) is 35.7 Å². The lowest BCUT2D eigenvalue weighted by Crippen LogP contribution is -2.39. The van der Waals surface area contributed by atoms with E-state index in [1.165, 1.54) is 18.1 Å². The number of nitrogens with zero attached hydrogens (tertiary/aromatic N) is 1. The van der Waals surface area contributed by atoms with E-state index in [1.807, 2.05) is 6.08 Å². The normalized spacial score (nSPS) is 21.2. The monoisotopic (exact) mass is 248 g/mol. The molecule has 1 heterocycles. The van der Waals surface area contributed by atoms with Gasteiger partial charge in [-0.25, -0.2) is 4.39 Å². The molecule has 0 amide bonds. The molecular weight excluding hydrogens is 229 g/mol. The van der Waals surface area contributed by atoms with Gasteiger partial charge in [-0.05, 0) is 29.2 Å². The number of aliphatic hydroxyl groups excluding tert-OH is 1. The average Bonchev–Trinajstić information content (AvgIpc) is 2.30. The highest BCUT2D eigenvalue weighted by molar-refractivity contribution is 5.69. The third-order valence-corrected chi connectivity index (χ3v) is 3.08. The zero-order valence-corrected chi connectivity index (χ0v) is 10.9. The number of hydrogen-bond donors (Lipinski definition) is 1. The van der Waals surface area contributed by atoms with Gasteiger partial charge in [0.2, 0.25) is 0 Å². The molecule has 97 valence electrons. The van der Waals surface area contributed by atoms with Crippen LogP contribution in [0.4, 0.5) is 4.39 Å². The number of rotatable bonds is 3. The molecule has 0 unspecified atom stereocenters. The van der Waals surface area contributed by atoms with Crippen LogP contribution in [0.3, 0.4) is 0 Å². The molecule has 0 fully saturated rings. The van der Waals surface area contributed by atoms with Crippen LogP contribution in [-0.2, 0) is 0 Å². The molecule has 1 aliphatic rings. The fourth-order valence-corrected chi connectivity index (χ4v) is 2.31. The summed E-state index contributed by atoms with van der Waals surface area (Å²) in [5.74, 6) is 1.09. The van der Waals surface area contributed by atoms with Crippen LogP contribution in [0.1, 0.15) is 19.4 Å². The van der Waals surface area contributed by atoms with Crippen LogP contribution in [0.25, 0.3) is 5.57 Å². The van der Waals surface area contributed by atoms with Gasteiger partial charge >= 0.3 is 0 Å². The van der Waals surface area contributed by atoms with E-state index < -0.39 is 6.10 Å². The van der Waals surface area contributed by atoms with Crippen molar-refractivity contribution in [2.24, 2.45) is 0 Å². The molecule has 0 bridgehead atoms. The summed E-state index contributed by atoms with van der Waals surface area (Å²) in [6.45, 7) is 6.55. The first-order valence-electron chi connectivity index (χ1n) is 6.21. The van der Waals surface area contributed by atoms with E-state index in [0.717, 1.165) is 24.2 Å². The van der Waals surface area contributed by atoms with Gasteiger partial charge in [-0.15, -0.1) is 0 Å². The molecule has 1 radical (unpaired) electrons. The van der Waals surface area contributed by atoms with Gasteiger partial charge in [0.15, 0.2) is 0 Å². The largest absolute Gasteiger partial charge is 0.387 e. The van der Waals surface area contributed by atoms with E-state index >= 15 is 0 Å². The van der Waals surface area contributed by atoms with Crippen molar-refractivity contribution in [2.75, 3.05) is 19.6 Å². The van der Waals surface area contributed by atoms with Gasteiger partial charge in [-0.1, -0.05) is 32.1 Å². The zero-order chi connectivity index (χ0) is 13.1. The minimum atomic E-state index is -0.497. The Labute approximate surface area is 108 Å². The Kier molecular flexibility index (Phi) is 4.15. The van der Waals surface area contributed by atoms with Crippen LogP contribution in [0.15, 0.2) is 30.3 Å². The highest BCUT2D eigenvalue weighted by Crippen LogP contribution is 2.23. The zero-order valence-electron chi connectivity index (χ0n) is 10.9. The summed E-state index contributed by atoms with van der Waals surface area (Å²) in [5, 5.41) is 10.2. The molecule has 1 N–H and O–H groups in total. The highest BCUT2D eigenvalue weighted by atomic mass is 19.1. The lowest BCUT2D eigenvalue weighted by atomic mass is 9.96. The molecule has 1 atom stereocenters. The van der Waals surface area contributed by atoms with Crippen molar-refractivity contribution in [3.8, 4) is 0 Å². The molecule has 3 heteroatoms. The Morgan fingerprint density at radius 3 is 2.56 bits per heavy atom. The first-order valence-corrected chi connectivity index (χ1v) is 6.21. The Morgan fingerprint density at radius 1 is 1.33 bits per heavy atom. The summed E-state index contributed by atoms with van der Waals surface area (Å²) in [4.78, 5) is 2.20. The molecule has 0 spiro atoms. The van der Waals surface area contributed by atoms with Gasteiger partial charge in [0.05, 0.1) is 6.10 Å². The maximum Gasteiger partial charge on any atom is 0.123 e. The summed E-state index contributed by atoms with van der Waals surface area (Å²) in [7, 11) is 0. The van der Waals surface area contributed by atoms with E-state index in [4.69, 9.17) is 0 Å². The molecule has 0 saturated heterocycles. The molecule has 1 aromatic rings. The quantitative estimate of drug-likeness (QED) is 0.888. The summed E-state index contributed by atoms with van der Waals surface area (Å²) < 4.78 is 12.9. The second kappa shape index (κ2) is 5.63. The Bertz CT molecular complexity index is 425. The minimum absolute atomic E-state index is 0.248. The lowest BCUT2D eigenvalue weighted by molar-refractivity contribution is 0.155. The smallest absolute Gasteiger partial charge is 0.123 e. The minimum Gasteiger partial charge on any atom is -0.387 e. The predicted octanol–water partition coefficient (Wildman–Crippen LogP) is 2.50. The standard InChI is InChI=1S/C15H19FNO/c1-11(2)9-17-8-7-14(15(18)10-17)12-3-5-13(16)6-4-12/h3-7,15,18H,8-10H2,1-2H3/t15-/m1/s1. The van der Waals surface area contributed by atoms with E-state index in [9.17, 15) is 9.50 Å². The molecule has 2 nitrogen and oxygen atoms in total. The number of benzene rings is 1. The van der Waals surface area contributed by atoms with Crippen molar-refractivity contribution in [3.05, 3.63) is 47.6 Å². The van der Waals surface area contributed by atoms with Crippen LogP contribution in [0, 0.1) is 11.7 Å². The van der Waals surface area contributed by atoms with Crippen LogP contribution < -0.4 is 0 Å². The Hall–Kier alpha value is -1.19. The topological polar surface area (TPSA) is 23.5 Å².